The van der Waals surface area contributed by atoms with Crippen molar-refractivity contribution in [2.24, 2.45) is 5.92 Å². The van der Waals surface area contributed by atoms with Gasteiger partial charge in [-0.15, -0.1) is 0 Å². The lowest BCUT2D eigenvalue weighted by Crippen LogP contribution is -2.40. The number of likely N-dealkylation sites (N-methyl/N-ethyl adjacent to an activating group) is 1. The lowest BCUT2D eigenvalue weighted by Gasteiger charge is -2.26. The number of hydrogen-bond acceptors (Lipinski definition) is 4. The van der Waals surface area contributed by atoms with Gasteiger partial charge in [0, 0.05) is 19.0 Å². The average Bonchev–Trinajstić information content (AvgIpc) is 3.22. The topological polar surface area (TPSA) is 63.7 Å². The standard InChI is InChI=1S/C16H23NO4S/c1-4-17(5-2)15(18)16(13-9-7-6-8-10-13)11-14(16)12-21-22(3,19)20/h6-10,14H,4-5,11-12H2,1-3H3/t14-,16+/m0/s1. The number of benzene rings is 1. The number of amides is 1. The van der Waals surface area contributed by atoms with Gasteiger partial charge in [-0.05, 0) is 25.8 Å². The molecule has 6 heteroatoms. The molecule has 2 rings (SSSR count). The minimum absolute atomic E-state index is 0.0563. The fourth-order valence-electron chi connectivity index (χ4n) is 3.00. The van der Waals surface area contributed by atoms with Gasteiger partial charge in [0.2, 0.25) is 5.91 Å². The first-order valence-corrected chi connectivity index (χ1v) is 9.36. The largest absolute Gasteiger partial charge is 0.342 e. The Morgan fingerprint density at radius 2 is 1.86 bits per heavy atom. The Morgan fingerprint density at radius 1 is 1.27 bits per heavy atom. The number of nitrogens with zero attached hydrogens (tertiary/aromatic N) is 1. The lowest BCUT2D eigenvalue weighted by atomic mass is 9.91. The number of carbonyl (C=O) groups is 1. The molecular weight excluding hydrogens is 302 g/mol. The van der Waals surface area contributed by atoms with E-state index in [0.29, 0.717) is 19.5 Å². The van der Waals surface area contributed by atoms with Gasteiger partial charge in [0.15, 0.2) is 0 Å². The monoisotopic (exact) mass is 325 g/mol. The Bertz CT molecular complexity index is 625. The van der Waals surface area contributed by atoms with Crippen molar-refractivity contribution >= 4 is 16.0 Å². The summed E-state index contributed by atoms with van der Waals surface area (Å²) < 4.78 is 27.3. The third-order valence-electron chi connectivity index (χ3n) is 4.31. The molecule has 2 atom stereocenters. The first kappa shape index (κ1) is 17.0. The van der Waals surface area contributed by atoms with Gasteiger partial charge in [0.1, 0.15) is 0 Å². The van der Waals surface area contributed by atoms with E-state index in [2.05, 4.69) is 0 Å². The van der Waals surface area contributed by atoms with Crippen LogP contribution in [0.2, 0.25) is 0 Å². The molecular formula is C16H23NO4S. The molecule has 0 spiro atoms. The minimum atomic E-state index is -3.49. The molecule has 1 aliphatic carbocycles. The Morgan fingerprint density at radius 3 is 2.36 bits per heavy atom. The summed E-state index contributed by atoms with van der Waals surface area (Å²) in [5.41, 5.74) is 0.298. The normalized spacial score (nSPS) is 24.0. The van der Waals surface area contributed by atoms with Crippen molar-refractivity contribution in [2.45, 2.75) is 25.7 Å². The summed E-state index contributed by atoms with van der Waals surface area (Å²) in [5, 5.41) is 0. The van der Waals surface area contributed by atoms with Crippen LogP contribution in [-0.2, 0) is 24.5 Å². The Labute approximate surface area is 132 Å². The first-order chi connectivity index (χ1) is 10.3. The summed E-state index contributed by atoms with van der Waals surface area (Å²) in [6.07, 6.45) is 1.66. The molecule has 1 fully saturated rings. The van der Waals surface area contributed by atoms with Crippen LogP contribution in [0.25, 0.3) is 0 Å². The minimum Gasteiger partial charge on any atom is -0.342 e. The highest BCUT2D eigenvalue weighted by Crippen LogP contribution is 2.55. The molecule has 0 saturated heterocycles. The van der Waals surface area contributed by atoms with E-state index >= 15 is 0 Å². The second-order valence-electron chi connectivity index (χ2n) is 5.70. The van der Waals surface area contributed by atoms with E-state index in [9.17, 15) is 13.2 Å². The van der Waals surface area contributed by atoms with Crippen molar-refractivity contribution in [1.29, 1.82) is 0 Å². The van der Waals surface area contributed by atoms with Crippen LogP contribution in [0, 0.1) is 5.92 Å². The molecule has 1 amide bonds. The molecule has 0 N–H and O–H groups in total. The van der Waals surface area contributed by atoms with Gasteiger partial charge in [0.25, 0.3) is 10.1 Å². The fourth-order valence-corrected chi connectivity index (χ4v) is 3.42. The number of carbonyl (C=O) groups excluding carboxylic acids is 1. The van der Waals surface area contributed by atoms with Crippen molar-refractivity contribution in [1.82, 2.24) is 4.90 Å². The van der Waals surface area contributed by atoms with Crippen LogP contribution in [0.1, 0.15) is 25.8 Å². The van der Waals surface area contributed by atoms with Crippen LogP contribution >= 0.6 is 0 Å². The predicted octanol–water partition coefficient (Wildman–Crippen LogP) is 1.79. The molecule has 0 bridgehead atoms. The van der Waals surface area contributed by atoms with E-state index < -0.39 is 15.5 Å². The van der Waals surface area contributed by atoms with E-state index in [1.54, 1.807) is 4.90 Å². The van der Waals surface area contributed by atoms with E-state index in [1.165, 1.54) is 0 Å². The molecule has 0 aliphatic heterocycles. The summed E-state index contributed by atoms with van der Waals surface area (Å²) in [5.74, 6) is -0.0384. The quantitative estimate of drug-likeness (QED) is 0.717. The molecule has 0 radical (unpaired) electrons. The van der Waals surface area contributed by atoms with Crippen molar-refractivity contribution in [2.75, 3.05) is 26.0 Å². The van der Waals surface area contributed by atoms with Crippen molar-refractivity contribution in [3.63, 3.8) is 0 Å². The second-order valence-corrected chi connectivity index (χ2v) is 7.35. The van der Waals surface area contributed by atoms with Crippen LogP contribution in [0.15, 0.2) is 30.3 Å². The zero-order valence-electron chi connectivity index (χ0n) is 13.3. The van der Waals surface area contributed by atoms with Gasteiger partial charge < -0.3 is 4.90 Å². The molecule has 22 heavy (non-hydrogen) atoms. The van der Waals surface area contributed by atoms with E-state index in [-0.39, 0.29) is 18.4 Å². The fraction of sp³-hybridized carbons (Fsp3) is 0.562. The zero-order chi connectivity index (χ0) is 16.4. The SMILES string of the molecule is CCN(CC)C(=O)[C@@]1(c2ccccc2)C[C@H]1COS(C)(=O)=O. The van der Waals surface area contributed by atoms with Crippen LogP contribution in [0.3, 0.4) is 0 Å². The van der Waals surface area contributed by atoms with Crippen LogP contribution in [0.4, 0.5) is 0 Å². The molecule has 0 aromatic heterocycles. The Balaban J connectivity index is 2.27. The van der Waals surface area contributed by atoms with Gasteiger partial charge in [-0.2, -0.15) is 8.42 Å². The van der Waals surface area contributed by atoms with Crippen LogP contribution < -0.4 is 0 Å². The maximum absolute atomic E-state index is 12.9. The van der Waals surface area contributed by atoms with Crippen LogP contribution in [0.5, 0.6) is 0 Å². The van der Waals surface area contributed by atoms with Crippen molar-refractivity contribution in [3.8, 4) is 0 Å². The molecule has 1 aromatic carbocycles. The summed E-state index contributed by atoms with van der Waals surface area (Å²) >= 11 is 0. The van der Waals surface area contributed by atoms with E-state index in [0.717, 1.165) is 11.8 Å². The number of hydrogen-bond donors (Lipinski definition) is 0. The highest BCUT2D eigenvalue weighted by Gasteiger charge is 2.62. The predicted molar refractivity (Wildman–Crippen MR) is 85.0 cm³/mol. The third-order valence-corrected chi connectivity index (χ3v) is 4.87. The molecule has 0 heterocycles. The second kappa shape index (κ2) is 6.38. The summed E-state index contributed by atoms with van der Waals surface area (Å²) in [6, 6.07) is 9.58. The molecule has 1 saturated carbocycles. The van der Waals surface area contributed by atoms with Gasteiger partial charge in [-0.3, -0.25) is 8.98 Å². The molecule has 0 unspecified atom stereocenters. The highest BCUT2D eigenvalue weighted by molar-refractivity contribution is 7.85. The van der Waals surface area contributed by atoms with Crippen molar-refractivity contribution in [3.05, 3.63) is 35.9 Å². The third kappa shape index (κ3) is 3.33. The Hall–Kier alpha value is -1.40. The summed E-state index contributed by atoms with van der Waals surface area (Å²) in [6.45, 7) is 5.24. The van der Waals surface area contributed by atoms with Crippen LogP contribution in [-0.4, -0.2) is 45.2 Å². The Kier molecular flexibility index (Phi) is 4.92. The molecule has 1 aliphatic rings. The molecule has 1 aromatic rings. The maximum atomic E-state index is 12.9. The summed E-state index contributed by atoms with van der Waals surface area (Å²) in [4.78, 5) is 14.7. The lowest BCUT2D eigenvalue weighted by molar-refractivity contribution is -0.134. The number of rotatable bonds is 7. The van der Waals surface area contributed by atoms with Gasteiger partial charge in [-0.1, -0.05) is 30.3 Å². The van der Waals surface area contributed by atoms with Gasteiger partial charge >= 0.3 is 0 Å². The average molecular weight is 325 g/mol. The van der Waals surface area contributed by atoms with Gasteiger partial charge in [0.05, 0.1) is 18.3 Å². The molecule has 5 nitrogen and oxygen atoms in total. The summed E-state index contributed by atoms with van der Waals surface area (Å²) in [7, 11) is -3.49. The van der Waals surface area contributed by atoms with Crippen molar-refractivity contribution < 1.29 is 17.4 Å². The smallest absolute Gasteiger partial charge is 0.264 e. The molecule has 122 valence electrons. The maximum Gasteiger partial charge on any atom is 0.264 e. The zero-order valence-corrected chi connectivity index (χ0v) is 14.1. The first-order valence-electron chi connectivity index (χ1n) is 7.54. The highest BCUT2D eigenvalue weighted by atomic mass is 32.2. The van der Waals surface area contributed by atoms with Gasteiger partial charge in [-0.25, -0.2) is 0 Å². The van der Waals surface area contributed by atoms with E-state index in [1.807, 2.05) is 44.2 Å². The van der Waals surface area contributed by atoms with E-state index in [4.69, 9.17) is 4.18 Å².